The Labute approximate surface area is 96.6 Å². The van der Waals surface area contributed by atoms with Gasteiger partial charge in [0.2, 0.25) is 0 Å². The van der Waals surface area contributed by atoms with Crippen LogP contribution < -0.4 is 5.32 Å². The van der Waals surface area contributed by atoms with Gasteiger partial charge in [-0.3, -0.25) is 0 Å². The van der Waals surface area contributed by atoms with Crippen molar-refractivity contribution in [2.24, 2.45) is 11.8 Å². The quantitative estimate of drug-likeness (QED) is 0.792. The van der Waals surface area contributed by atoms with Crippen LogP contribution in [-0.2, 0) is 6.54 Å². The van der Waals surface area contributed by atoms with Crippen LogP contribution in [0, 0.1) is 11.8 Å². The molecule has 5 nitrogen and oxygen atoms in total. The lowest BCUT2D eigenvalue weighted by molar-refractivity contribution is 0.460. The molecular formula is C11H21N5. The van der Waals surface area contributed by atoms with Crippen LogP contribution in [0.5, 0.6) is 0 Å². The third kappa shape index (κ3) is 2.58. The minimum Gasteiger partial charge on any atom is -0.307 e. The zero-order valence-electron chi connectivity index (χ0n) is 10.3. The summed E-state index contributed by atoms with van der Waals surface area (Å²) in [4.78, 5) is 0. The van der Waals surface area contributed by atoms with Gasteiger partial charge in [-0.15, -0.1) is 5.10 Å². The Morgan fingerprint density at radius 1 is 1.56 bits per heavy atom. The van der Waals surface area contributed by atoms with Crippen LogP contribution in [0.3, 0.4) is 0 Å². The Morgan fingerprint density at radius 3 is 2.94 bits per heavy atom. The molecule has 2 rings (SSSR count). The fourth-order valence-electron chi connectivity index (χ4n) is 1.98. The summed E-state index contributed by atoms with van der Waals surface area (Å²) in [6, 6.07) is 0.240. The van der Waals surface area contributed by atoms with Crippen LogP contribution in [0.1, 0.15) is 45.5 Å². The zero-order valence-corrected chi connectivity index (χ0v) is 10.3. The van der Waals surface area contributed by atoms with E-state index in [1.165, 1.54) is 6.42 Å². The van der Waals surface area contributed by atoms with Gasteiger partial charge in [0.15, 0.2) is 5.82 Å². The highest BCUT2D eigenvalue weighted by Crippen LogP contribution is 2.38. The number of aromatic nitrogens is 4. The highest BCUT2D eigenvalue weighted by molar-refractivity contribution is 4.92. The molecule has 5 heteroatoms. The van der Waals surface area contributed by atoms with Crippen molar-refractivity contribution in [3.63, 3.8) is 0 Å². The van der Waals surface area contributed by atoms with Crippen LogP contribution in [0.4, 0.5) is 0 Å². The molecule has 1 aromatic rings. The molecule has 1 aliphatic carbocycles. The molecule has 1 aliphatic rings. The number of tetrazole rings is 1. The summed E-state index contributed by atoms with van der Waals surface area (Å²) < 4.78 is 1.96. The topological polar surface area (TPSA) is 55.6 Å². The van der Waals surface area contributed by atoms with Crippen molar-refractivity contribution in [1.82, 2.24) is 25.5 Å². The molecule has 0 aliphatic heterocycles. The predicted octanol–water partition coefficient (Wildman–Crippen LogP) is 1.39. The van der Waals surface area contributed by atoms with E-state index in [-0.39, 0.29) is 6.04 Å². The molecule has 1 N–H and O–H groups in total. The predicted molar refractivity (Wildman–Crippen MR) is 61.8 cm³/mol. The minimum atomic E-state index is 0.240. The molecule has 0 aromatic carbocycles. The van der Waals surface area contributed by atoms with Gasteiger partial charge < -0.3 is 5.32 Å². The van der Waals surface area contributed by atoms with E-state index in [9.17, 15) is 0 Å². The van der Waals surface area contributed by atoms with Gasteiger partial charge in [0.25, 0.3) is 0 Å². The molecule has 0 saturated heterocycles. The second kappa shape index (κ2) is 4.91. The van der Waals surface area contributed by atoms with Crippen LogP contribution >= 0.6 is 0 Å². The number of nitrogens with zero attached hydrogens (tertiary/aromatic N) is 4. The molecule has 0 radical (unpaired) electrons. The normalized spacial score (nSPS) is 25.7. The van der Waals surface area contributed by atoms with Crippen molar-refractivity contribution in [1.29, 1.82) is 0 Å². The van der Waals surface area contributed by atoms with E-state index in [0.717, 1.165) is 37.2 Å². The molecular weight excluding hydrogens is 202 g/mol. The fourth-order valence-corrected chi connectivity index (χ4v) is 1.98. The standard InChI is InChI=1S/C11H21N5/c1-4-5-12-9(3)11-13-14-15-16(11)7-10-6-8(10)2/h8-10,12H,4-7H2,1-3H3. The van der Waals surface area contributed by atoms with E-state index in [1.807, 2.05) is 4.68 Å². The lowest BCUT2D eigenvalue weighted by Crippen LogP contribution is -2.23. The van der Waals surface area contributed by atoms with Crippen LogP contribution in [0.25, 0.3) is 0 Å². The monoisotopic (exact) mass is 223 g/mol. The number of nitrogens with one attached hydrogen (secondary N) is 1. The van der Waals surface area contributed by atoms with E-state index < -0.39 is 0 Å². The van der Waals surface area contributed by atoms with Gasteiger partial charge in [0.1, 0.15) is 0 Å². The minimum absolute atomic E-state index is 0.240. The number of hydrogen-bond donors (Lipinski definition) is 1. The molecule has 90 valence electrons. The second-order valence-electron chi connectivity index (χ2n) is 4.87. The lowest BCUT2D eigenvalue weighted by Gasteiger charge is -2.12. The van der Waals surface area contributed by atoms with E-state index in [1.54, 1.807) is 0 Å². The number of rotatable bonds is 6. The van der Waals surface area contributed by atoms with Crippen molar-refractivity contribution in [3.05, 3.63) is 5.82 Å². The molecule has 3 unspecified atom stereocenters. The SMILES string of the molecule is CCCNC(C)c1nnnn1CC1CC1C. The van der Waals surface area contributed by atoms with Crippen molar-refractivity contribution >= 4 is 0 Å². The summed E-state index contributed by atoms with van der Waals surface area (Å²) in [5.74, 6) is 2.59. The Hall–Kier alpha value is -0.970. The zero-order chi connectivity index (χ0) is 11.5. The summed E-state index contributed by atoms with van der Waals surface area (Å²) >= 11 is 0. The molecule has 0 bridgehead atoms. The Balaban J connectivity index is 1.95. The van der Waals surface area contributed by atoms with Crippen molar-refractivity contribution in [2.75, 3.05) is 6.54 Å². The average Bonchev–Trinajstić information content (AvgIpc) is 2.79. The van der Waals surface area contributed by atoms with Crippen molar-refractivity contribution in [2.45, 2.75) is 46.2 Å². The molecule has 16 heavy (non-hydrogen) atoms. The van der Waals surface area contributed by atoms with Gasteiger partial charge in [-0.1, -0.05) is 13.8 Å². The van der Waals surface area contributed by atoms with Gasteiger partial charge in [0.05, 0.1) is 6.04 Å². The van der Waals surface area contributed by atoms with Crippen LogP contribution in [0.2, 0.25) is 0 Å². The first-order chi connectivity index (χ1) is 7.72. The van der Waals surface area contributed by atoms with Gasteiger partial charge in [-0.25, -0.2) is 4.68 Å². The molecule has 3 atom stereocenters. The molecule has 1 fully saturated rings. The lowest BCUT2D eigenvalue weighted by atomic mass is 10.3. The smallest absolute Gasteiger partial charge is 0.167 e. The molecule has 0 spiro atoms. The highest BCUT2D eigenvalue weighted by atomic mass is 15.5. The summed E-state index contributed by atoms with van der Waals surface area (Å²) in [5, 5.41) is 15.4. The summed E-state index contributed by atoms with van der Waals surface area (Å²) in [6.45, 7) is 8.55. The van der Waals surface area contributed by atoms with E-state index >= 15 is 0 Å². The van der Waals surface area contributed by atoms with Crippen LogP contribution in [0.15, 0.2) is 0 Å². The van der Waals surface area contributed by atoms with Gasteiger partial charge in [0, 0.05) is 6.54 Å². The Kier molecular flexibility index (Phi) is 3.53. The molecule has 0 amide bonds. The van der Waals surface area contributed by atoms with E-state index in [4.69, 9.17) is 0 Å². The van der Waals surface area contributed by atoms with Gasteiger partial charge in [-0.2, -0.15) is 0 Å². The maximum absolute atomic E-state index is 4.11. The van der Waals surface area contributed by atoms with E-state index in [0.29, 0.717) is 0 Å². The summed E-state index contributed by atoms with van der Waals surface area (Å²) in [6.07, 6.45) is 2.45. The number of hydrogen-bond acceptors (Lipinski definition) is 4. The third-order valence-electron chi connectivity index (χ3n) is 3.33. The third-order valence-corrected chi connectivity index (χ3v) is 3.33. The summed E-state index contributed by atoms with van der Waals surface area (Å²) in [5.41, 5.74) is 0. The summed E-state index contributed by atoms with van der Waals surface area (Å²) in [7, 11) is 0. The molecule has 1 saturated carbocycles. The van der Waals surface area contributed by atoms with Crippen LogP contribution in [-0.4, -0.2) is 26.8 Å². The Bertz CT molecular complexity index is 335. The van der Waals surface area contributed by atoms with E-state index in [2.05, 4.69) is 41.6 Å². The maximum atomic E-state index is 4.11. The van der Waals surface area contributed by atoms with Gasteiger partial charge >= 0.3 is 0 Å². The van der Waals surface area contributed by atoms with Crippen molar-refractivity contribution < 1.29 is 0 Å². The Morgan fingerprint density at radius 2 is 2.31 bits per heavy atom. The first kappa shape index (κ1) is 11.5. The molecule has 1 heterocycles. The second-order valence-corrected chi connectivity index (χ2v) is 4.87. The maximum Gasteiger partial charge on any atom is 0.167 e. The molecule has 1 aromatic heterocycles. The largest absolute Gasteiger partial charge is 0.307 e. The average molecular weight is 223 g/mol. The van der Waals surface area contributed by atoms with Crippen molar-refractivity contribution in [3.8, 4) is 0 Å². The highest BCUT2D eigenvalue weighted by Gasteiger charge is 2.33. The fraction of sp³-hybridized carbons (Fsp3) is 0.909. The first-order valence-corrected chi connectivity index (χ1v) is 6.21. The van der Waals surface area contributed by atoms with Gasteiger partial charge in [-0.05, 0) is 48.6 Å². The first-order valence-electron chi connectivity index (χ1n) is 6.21.